The molecule has 0 aliphatic heterocycles. The van der Waals surface area contributed by atoms with Gasteiger partial charge in [0, 0.05) is 0 Å². The Morgan fingerprint density at radius 1 is 1.29 bits per heavy atom. The highest BCUT2D eigenvalue weighted by Gasteiger charge is 2.19. The Labute approximate surface area is 128 Å². The summed E-state index contributed by atoms with van der Waals surface area (Å²) in [5, 5.41) is 12.4. The molecule has 2 rings (SSSR count). The maximum atomic E-state index is 10.1. The second-order valence-electron chi connectivity index (χ2n) is 6.33. The Kier molecular flexibility index (Phi) is 6.52. The molecule has 3 nitrogen and oxygen atoms in total. The lowest BCUT2D eigenvalue weighted by atomic mass is 9.98. The Morgan fingerprint density at radius 3 is 2.71 bits per heavy atom. The summed E-state index contributed by atoms with van der Waals surface area (Å²) in [6.07, 6.45) is 5.98. The van der Waals surface area contributed by atoms with E-state index in [1.807, 2.05) is 12.1 Å². The molecule has 0 aromatic heterocycles. The predicted molar refractivity (Wildman–Crippen MR) is 85.7 cm³/mol. The summed E-state index contributed by atoms with van der Waals surface area (Å²) in [7, 11) is 0. The third-order valence-electron chi connectivity index (χ3n) is 4.63. The molecule has 21 heavy (non-hydrogen) atoms. The normalized spacial score (nSPS) is 18.6. The zero-order valence-corrected chi connectivity index (χ0v) is 13.4. The highest BCUT2D eigenvalue weighted by molar-refractivity contribution is 5.35. The molecule has 1 fully saturated rings. The Hall–Kier alpha value is -1.06. The quantitative estimate of drug-likeness (QED) is 0.773. The zero-order valence-electron chi connectivity index (χ0n) is 13.4. The van der Waals surface area contributed by atoms with Crippen molar-refractivity contribution in [3.8, 4) is 5.75 Å². The average Bonchev–Trinajstić information content (AvgIpc) is 3.04. The minimum absolute atomic E-state index is 0.386. The van der Waals surface area contributed by atoms with Gasteiger partial charge >= 0.3 is 0 Å². The van der Waals surface area contributed by atoms with Crippen LogP contribution in [0.25, 0.3) is 0 Å². The molecule has 1 aromatic carbocycles. The first-order valence-corrected chi connectivity index (χ1v) is 8.43. The summed E-state index contributed by atoms with van der Waals surface area (Å²) >= 11 is 0. The number of aliphatic hydroxyl groups is 1. The summed E-state index contributed by atoms with van der Waals surface area (Å²) in [4.78, 5) is 0. The summed E-state index contributed by atoms with van der Waals surface area (Å²) in [6.45, 7) is 5.53. The van der Waals surface area contributed by atoms with Crippen LogP contribution in [0.15, 0.2) is 24.3 Å². The number of ether oxygens (including phenoxy) is 1. The minimum atomic E-state index is -0.393. The predicted octanol–water partition coefficient (Wildman–Crippen LogP) is 2.45. The fourth-order valence-electron chi connectivity index (χ4n) is 3.04. The average molecular weight is 292 g/mol. The van der Waals surface area contributed by atoms with Gasteiger partial charge in [0.2, 0.25) is 0 Å². The molecule has 0 spiro atoms. The number of para-hydroxylation sites is 1. The first kappa shape index (κ1) is 16.3. The van der Waals surface area contributed by atoms with Gasteiger partial charge in [0.25, 0.3) is 0 Å². The summed E-state index contributed by atoms with van der Waals surface area (Å²) in [5.41, 5.74) is 1.24. The largest absolute Gasteiger partial charge is 0.490 e. The first-order valence-electron chi connectivity index (χ1n) is 8.43. The van der Waals surface area contributed by atoms with Crippen molar-refractivity contribution in [2.45, 2.75) is 64.0 Å². The van der Waals surface area contributed by atoms with Crippen LogP contribution in [0.1, 0.15) is 57.4 Å². The van der Waals surface area contributed by atoms with Gasteiger partial charge in [-0.25, -0.2) is 0 Å². The molecule has 1 aliphatic carbocycles. The SMILES string of the molecule is CC[C@@H](C)c1ccccc1OC[C@@H](O)C[NH2+]C1CCCC1. The van der Waals surface area contributed by atoms with Crippen molar-refractivity contribution >= 4 is 0 Å². The number of quaternary nitrogens is 1. The topological polar surface area (TPSA) is 46.1 Å². The van der Waals surface area contributed by atoms with Gasteiger partial charge < -0.3 is 15.2 Å². The van der Waals surface area contributed by atoms with Gasteiger partial charge in [0.05, 0.1) is 6.04 Å². The number of benzene rings is 1. The molecule has 0 heterocycles. The third-order valence-corrected chi connectivity index (χ3v) is 4.63. The summed E-state index contributed by atoms with van der Waals surface area (Å²) < 4.78 is 5.87. The van der Waals surface area contributed by atoms with Crippen LogP contribution in [0.3, 0.4) is 0 Å². The molecule has 1 aliphatic rings. The van der Waals surface area contributed by atoms with Crippen LogP contribution in [-0.2, 0) is 0 Å². The van der Waals surface area contributed by atoms with E-state index in [0.717, 1.165) is 18.7 Å². The first-order chi connectivity index (χ1) is 10.2. The van der Waals surface area contributed by atoms with E-state index in [0.29, 0.717) is 18.6 Å². The fourth-order valence-corrected chi connectivity index (χ4v) is 3.04. The van der Waals surface area contributed by atoms with Crippen LogP contribution in [-0.4, -0.2) is 30.4 Å². The Morgan fingerprint density at radius 2 is 2.00 bits per heavy atom. The van der Waals surface area contributed by atoms with E-state index in [4.69, 9.17) is 4.74 Å². The number of hydrogen-bond donors (Lipinski definition) is 2. The molecule has 0 amide bonds. The number of hydrogen-bond acceptors (Lipinski definition) is 2. The van der Waals surface area contributed by atoms with Crippen molar-refractivity contribution in [2.75, 3.05) is 13.2 Å². The van der Waals surface area contributed by atoms with Gasteiger partial charge in [-0.05, 0) is 49.7 Å². The maximum absolute atomic E-state index is 10.1. The molecular formula is C18H30NO2+. The van der Waals surface area contributed by atoms with Gasteiger partial charge in [-0.3, -0.25) is 0 Å². The molecule has 3 heteroatoms. The zero-order chi connectivity index (χ0) is 15.1. The van der Waals surface area contributed by atoms with Gasteiger partial charge in [0.1, 0.15) is 25.0 Å². The van der Waals surface area contributed by atoms with Crippen molar-refractivity contribution in [2.24, 2.45) is 0 Å². The van der Waals surface area contributed by atoms with Crippen LogP contribution in [0, 0.1) is 0 Å². The number of rotatable bonds is 8. The number of aliphatic hydroxyl groups excluding tert-OH is 1. The Bertz CT molecular complexity index is 415. The standard InChI is InChI=1S/C18H29NO2/c1-3-14(2)17-10-6-7-11-18(17)21-13-16(20)12-19-15-8-4-5-9-15/h6-7,10-11,14-16,19-20H,3-5,8-9,12-13H2,1-2H3/p+1/t14-,16+/m1/s1. The Balaban J connectivity index is 1.79. The van der Waals surface area contributed by atoms with Gasteiger partial charge in [-0.15, -0.1) is 0 Å². The lowest BCUT2D eigenvalue weighted by Gasteiger charge is -2.18. The maximum Gasteiger partial charge on any atom is 0.137 e. The molecule has 0 saturated heterocycles. The molecule has 1 saturated carbocycles. The van der Waals surface area contributed by atoms with Crippen molar-refractivity contribution in [1.82, 2.24) is 0 Å². The molecular weight excluding hydrogens is 262 g/mol. The second kappa shape index (κ2) is 8.40. The molecule has 1 aromatic rings. The van der Waals surface area contributed by atoms with Gasteiger partial charge in [-0.1, -0.05) is 32.0 Å². The highest BCUT2D eigenvalue weighted by Crippen LogP contribution is 2.28. The van der Waals surface area contributed by atoms with Crippen molar-refractivity contribution in [1.29, 1.82) is 0 Å². The highest BCUT2D eigenvalue weighted by atomic mass is 16.5. The van der Waals surface area contributed by atoms with E-state index in [1.54, 1.807) is 0 Å². The van der Waals surface area contributed by atoms with E-state index < -0.39 is 6.10 Å². The van der Waals surface area contributed by atoms with Crippen molar-refractivity contribution in [3.63, 3.8) is 0 Å². The molecule has 3 N–H and O–H groups in total. The van der Waals surface area contributed by atoms with Crippen molar-refractivity contribution in [3.05, 3.63) is 29.8 Å². The molecule has 0 bridgehead atoms. The van der Waals surface area contributed by atoms with Crippen LogP contribution >= 0.6 is 0 Å². The second-order valence-corrected chi connectivity index (χ2v) is 6.33. The van der Waals surface area contributed by atoms with Crippen LogP contribution in [0.5, 0.6) is 5.75 Å². The summed E-state index contributed by atoms with van der Waals surface area (Å²) in [6, 6.07) is 8.90. The lowest BCUT2D eigenvalue weighted by Crippen LogP contribution is -2.91. The van der Waals surface area contributed by atoms with Crippen LogP contribution in [0.4, 0.5) is 0 Å². The molecule has 118 valence electrons. The van der Waals surface area contributed by atoms with Crippen LogP contribution < -0.4 is 10.1 Å². The molecule has 2 atom stereocenters. The third kappa shape index (κ3) is 5.01. The molecule has 0 unspecified atom stereocenters. The fraction of sp³-hybridized carbons (Fsp3) is 0.667. The van der Waals surface area contributed by atoms with Crippen molar-refractivity contribution < 1.29 is 15.2 Å². The molecule has 0 radical (unpaired) electrons. The number of nitrogens with two attached hydrogens (primary N) is 1. The van der Waals surface area contributed by atoms with Gasteiger partial charge in [0.15, 0.2) is 0 Å². The van der Waals surface area contributed by atoms with E-state index in [-0.39, 0.29) is 0 Å². The van der Waals surface area contributed by atoms with Gasteiger partial charge in [-0.2, -0.15) is 0 Å². The van der Waals surface area contributed by atoms with E-state index >= 15 is 0 Å². The van der Waals surface area contributed by atoms with E-state index in [2.05, 4.69) is 31.3 Å². The van der Waals surface area contributed by atoms with E-state index in [9.17, 15) is 5.11 Å². The monoisotopic (exact) mass is 292 g/mol. The smallest absolute Gasteiger partial charge is 0.137 e. The lowest BCUT2D eigenvalue weighted by molar-refractivity contribution is -0.693. The van der Waals surface area contributed by atoms with E-state index in [1.165, 1.54) is 31.2 Å². The minimum Gasteiger partial charge on any atom is -0.490 e. The van der Waals surface area contributed by atoms with Crippen LogP contribution in [0.2, 0.25) is 0 Å². The summed E-state index contributed by atoms with van der Waals surface area (Å²) in [5.74, 6) is 1.41.